The number of nitrogens with zero attached hydrogens (tertiary/aromatic N) is 2. The summed E-state index contributed by atoms with van der Waals surface area (Å²) in [6, 6.07) is 6.11. The van der Waals surface area contributed by atoms with Crippen molar-refractivity contribution in [2.45, 2.75) is 26.3 Å². The zero-order chi connectivity index (χ0) is 17.4. The van der Waals surface area contributed by atoms with Crippen molar-refractivity contribution in [2.75, 3.05) is 18.6 Å². The highest BCUT2D eigenvalue weighted by atomic mass is 16.5. The standard InChI is InChI=1S/C17H18N2O5/c1-4-10(2)18-9-15(20)19(17(18)22)12-5-6-13-11(7-12)8-14(24-13)16(21)23-3/h5-8,10H,4,9H2,1-3H3. The van der Waals surface area contributed by atoms with Gasteiger partial charge in [-0.1, -0.05) is 6.92 Å². The lowest BCUT2D eigenvalue weighted by Gasteiger charge is -2.22. The first-order chi connectivity index (χ1) is 11.5. The number of fused-ring (bicyclic) bond motifs is 1. The van der Waals surface area contributed by atoms with Gasteiger partial charge in [-0.25, -0.2) is 14.5 Å². The number of urea groups is 1. The number of rotatable bonds is 4. The Labute approximate surface area is 138 Å². The second kappa shape index (κ2) is 5.99. The van der Waals surface area contributed by atoms with E-state index in [2.05, 4.69) is 4.74 Å². The predicted octanol–water partition coefficient (Wildman–Crippen LogP) is 2.79. The molecule has 7 heteroatoms. The van der Waals surface area contributed by atoms with E-state index in [0.29, 0.717) is 16.7 Å². The number of anilines is 1. The van der Waals surface area contributed by atoms with E-state index >= 15 is 0 Å². The Kier molecular flexibility index (Phi) is 4.01. The van der Waals surface area contributed by atoms with Gasteiger partial charge in [0.05, 0.1) is 12.8 Å². The molecule has 1 fully saturated rings. The molecule has 2 heterocycles. The summed E-state index contributed by atoms with van der Waals surface area (Å²) in [5, 5.41) is 0.621. The molecule has 0 aliphatic carbocycles. The van der Waals surface area contributed by atoms with Gasteiger partial charge in [-0.3, -0.25) is 4.79 Å². The minimum atomic E-state index is -0.580. The zero-order valence-electron chi connectivity index (χ0n) is 13.7. The molecule has 0 spiro atoms. The molecule has 0 radical (unpaired) electrons. The lowest BCUT2D eigenvalue weighted by atomic mass is 10.2. The van der Waals surface area contributed by atoms with Crippen LogP contribution in [0.1, 0.15) is 30.8 Å². The Bertz CT molecular complexity index is 825. The van der Waals surface area contributed by atoms with Gasteiger partial charge in [-0.15, -0.1) is 0 Å². The van der Waals surface area contributed by atoms with Crippen molar-refractivity contribution < 1.29 is 23.5 Å². The number of ether oxygens (including phenoxy) is 1. The van der Waals surface area contributed by atoms with E-state index in [1.807, 2.05) is 13.8 Å². The van der Waals surface area contributed by atoms with Crippen LogP contribution in [0.2, 0.25) is 0 Å². The van der Waals surface area contributed by atoms with Gasteiger partial charge in [-0.2, -0.15) is 0 Å². The van der Waals surface area contributed by atoms with Crippen LogP contribution in [0.25, 0.3) is 11.0 Å². The molecule has 1 saturated heterocycles. The van der Waals surface area contributed by atoms with Gasteiger partial charge < -0.3 is 14.1 Å². The number of carbonyl (C=O) groups is 3. The van der Waals surface area contributed by atoms with Crippen LogP contribution < -0.4 is 4.90 Å². The molecule has 1 aromatic heterocycles. The van der Waals surface area contributed by atoms with Gasteiger partial charge in [0.15, 0.2) is 0 Å². The van der Waals surface area contributed by atoms with Crippen LogP contribution in [0.15, 0.2) is 28.7 Å². The van der Waals surface area contributed by atoms with Gasteiger partial charge in [0.2, 0.25) is 5.76 Å². The third-order valence-corrected chi connectivity index (χ3v) is 4.26. The van der Waals surface area contributed by atoms with Crippen LogP contribution >= 0.6 is 0 Å². The topological polar surface area (TPSA) is 80.1 Å². The molecule has 1 aliphatic rings. The fourth-order valence-electron chi connectivity index (χ4n) is 2.71. The second-order valence-corrected chi connectivity index (χ2v) is 5.72. The lowest BCUT2D eigenvalue weighted by Crippen LogP contribution is -2.37. The number of carbonyl (C=O) groups excluding carboxylic acids is 3. The number of imide groups is 1. The third-order valence-electron chi connectivity index (χ3n) is 4.26. The number of methoxy groups -OCH3 is 1. The van der Waals surface area contributed by atoms with E-state index in [0.717, 1.165) is 11.3 Å². The minimum Gasteiger partial charge on any atom is -0.463 e. The molecule has 3 amide bonds. The summed E-state index contributed by atoms with van der Waals surface area (Å²) < 4.78 is 10.0. The van der Waals surface area contributed by atoms with Gasteiger partial charge in [0.1, 0.15) is 12.1 Å². The summed E-state index contributed by atoms with van der Waals surface area (Å²) in [5.41, 5.74) is 0.942. The molecule has 1 aliphatic heterocycles. The molecule has 7 nitrogen and oxygen atoms in total. The van der Waals surface area contributed by atoms with Gasteiger partial charge in [0.25, 0.3) is 5.91 Å². The summed E-state index contributed by atoms with van der Waals surface area (Å²) in [6.45, 7) is 3.96. The van der Waals surface area contributed by atoms with Gasteiger partial charge in [0, 0.05) is 11.4 Å². The molecule has 3 rings (SSSR count). The zero-order valence-corrected chi connectivity index (χ0v) is 13.7. The Morgan fingerprint density at radius 3 is 2.75 bits per heavy atom. The van der Waals surface area contributed by atoms with Crippen LogP contribution in [0.3, 0.4) is 0 Å². The molecule has 1 aromatic carbocycles. The Hall–Kier alpha value is -2.83. The smallest absolute Gasteiger partial charge is 0.373 e. The second-order valence-electron chi connectivity index (χ2n) is 5.72. The number of benzene rings is 1. The molecule has 0 bridgehead atoms. The van der Waals surface area contributed by atoms with E-state index < -0.39 is 5.97 Å². The SMILES string of the molecule is CCC(C)N1CC(=O)N(c2ccc3oc(C(=O)OC)cc3c2)C1=O. The first-order valence-electron chi connectivity index (χ1n) is 7.71. The van der Waals surface area contributed by atoms with Crippen molar-refractivity contribution in [1.29, 1.82) is 0 Å². The quantitative estimate of drug-likeness (QED) is 0.636. The van der Waals surface area contributed by atoms with E-state index in [9.17, 15) is 14.4 Å². The number of hydrogen-bond donors (Lipinski definition) is 0. The van der Waals surface area contributed by atoms with E-state index in [1.54, 1.807) is 23.1 Å². The summed E-state index contributed by atoms with van der Waals surface area (Å²) >= 11 is 0. The Morgan fingerprint density at radius 1 is 1.33 bits per heavy atom. The lowest BCUT2D eigenvalue weighted by molar-refractivity contribution is -0.116. The maximum Gasteiger partial charge on any atom is 0.373 e. The van der Waals surface area contributed by atoms with E-state index in [4.69, 9.17) is 4.42 Å². The molecule has 24 heavy (non-hydrogen) atoms. The minimum absolute atomic E-state index is 0.00460. The summed E-state index contributed by atoms with van der Waals surface area (Å²) in [4.78, 5) is 39.1. The van der Waals surface area contributed by atoms with Gasteiger partial charge >= 0.3 is 12.0 Å². The van der Waals surface area contributed by atoms with Crippen molar-refractivity contribution in [3.8, 4) is 0 Å². The van der Waals surface area contributed by atoms with Crippen LogP contribution in [0.4, 0.5) is 10.5 Å². The highest BCUT2D eigenvalue weighted by Gasteiger charge is 2.39. The third kappa shape index (κ3) is 2.51. The summed E-state index contributed by atoms with van der Waals surface area (Å²) in [7, 11) is 1.27. The molecule has 126 valence electrons. The predicted molar refractivity (Wildman–Crippen MR) is 86.9 cm³/mol. The average Bonchev–Trinajstić information content (AvgIpc) is 3.13. The Balaban J connectivity index is 1.96. The van der Waals surface area contributed by atoms with Gasteiger partial charge in [-0.05, 0) is 37.6 Å². The Morgan fingerprint density at radius 2 is 2.08 bits per heavy atom. The summed E-state index contributed by atoms with van der Waals surface area (Å²) in [6.07, 6.45) is 0.774. The fourth-order valence-corrected chi connectivity index (χ4v) is 2.71. The maximum atomic E-state index is 12.5. The highest BCUT2D eigenvalue weighted by molar-refractivity contribution is 6.20. The molecule has 0 N–H and O–H groups in total. The first-order valence-corrected chi connectivity index (χ1v) is 7.71. The number of esters is 1. The number of hydrogen-bond acceptors (Lipinski definition) is 5. The first kappa shape index (κ1) is 16.0. The molecular formula is C17H18N2O5. The highest BCUT2D eigenvalue weighted by Crippen LogP contribution is 2.29. The van der Waals surface area contributed by atoms with Crippen molar-refractivity contribution >= 4 is 34.6 Å². The molecule has 1 atom stereocenters. The monoisotopic (exact) mass is 330 g/mol. The molecule has 2 aromatic rings. The number of amides is 3. The van der Waals surface area contributed by atoms with E-state index in [1.165, 1.54) is 13.2 Å². The van der Waals surface area contributed by atoms with E-state index in [-0.39, 0.29) is 30.3 Å². The van der Waals surface area contributed by atoms with Crippen LogP contribution in [-0.2, 0) is 9.53 Å². The molecular weight excluding hydrogens is 312 g/mol. The maximum absolute atomic E-state index is 12.5. The van der Waals surface area contributed by atoms with Crippen molar-refractivity contribution in [2.24, 2.45) is 0 Å². The molecule has 1 unspecified atom stereocenters. The van der Waals surface area contributed by atoms with Crippen LogP contribution in [0.5, 0.6) is 0 Å². The fraction of sp³-hybridized carbons (Fsp3) is 0.353. The van der Waals surface area contributed by atoms with Crippen LogP contribution in [-0.4, -0.2) is 42.5 Å². The number of furan rings is 1. The normalized spacial score (nSPS) is 16.1. The largest absolute Gasteiger partial charge is 0.463 e. The van der Waals surface area contributed by atoms with Crippen molar-refractivity contribution in [3.05, 3.63) is 30.0 Å². The summed E-state index contributed by atoms with van der Waals surface area (Å²) in [5.74, 6) is -0.773. The molecule has 0 saturated carbocycles. The van der Waals surface area contributed by atoms with Crippen LogP contribution in [0, 0.1) is 0 Å². The van der Waals surface area contributed by atoms with Crippen molar-refractivity contribution in [3.63, 3.8) is 0 Å². The average molecular weight is 330 g/mol. The van der Waals surface area contributed by atoms with Crippen molar-refractivity contribution in [1.82, 2.24) is 4.90 Å².